The third-order valence-electron chi connectivity index (χ3n) is 2.76. The van der Waals surface area contributed by atoms with E-state index in [-0.39, 0.29) is 0 Å². The van der Waals surface area contributed by atoms with E-state index in [0.717, 1.165) is 5.69 Å². The predicted octanol–water partition coefficient (Wildman–Crippen LogP) is 3.22. The molecule has 1 aromatic heterocycles. The summed E-state index contributed by atoms with van der Waals surface area (Å²) in [6.07, 6.45) is 4.01. The zero-order valence-electron chi connectivity index (χ0n) is 10.5. The van der Waals surface area contributed by atoms with E-state index in [0.29, 0.717) is 5.92 Å². The van der Waals surface area contributed by atoms with Crippen LogP contribution in [-0.2, 0) is 0 Å². The highest BCUT2D eigenvalue weighted by molar-refractivity contribution is 6.89. The van der Waals surface area contributed by atoms with Gasteiger partial charge in [0.1, 0.15) is 0 Å². The van der Waals surface area contributed by atoms with Gasteiger partial charge < -0.3 is 0 Å². The van der Waals surface area contributed by atoms with E-state index in [2.05, 4.69) is 57.3 Å². The molecule has 15 heavy (non-hydrogen) atoms. The summed E-state index contributed by atoms with van der Waals surface area (Å²) >= 11 is 0. The molecule has 1 atom stereocenters. The molecule has 0 fully saturated rings. The van der Waals surface area contributed by atoms with Gasteiger partial charge in [0.2, 0.25) is 0 Å². The second kappa shape index (κ2) is 4.31. The lowest BCUT2D eigenvalue weighted by Crippen LogP contribution is -2.39. The molecule has 1 unspecified atom stereocenters. The molecule has 2 heteroatoms. The molecule has 0 saturated heterocycles. The third kappa shape index (κ3) is 2.78. The van der Waals surface area contributed by atoms with Gasteiger partial charge in [-0.1, -0.05) is 32.6 Å². The van der Waals surface area contributed by atoms with Crippen molar-refractivity contribution in [3.8, 4) is 0 Å². The van der Waals surface area contributed by atoms with Gasteiger partial charge in [-0.05, 0) is 23.7 Å². The Labute approximate surface area is 94.3 Å². The zero-order valence-corrected chi connectivity index (χ0v) is 11.5. The number of aryl methyl sites for hydroxylation is 1. The van der Waals surface area contributed by atoms with Gasteiger partial charge in [-0.15, -0.1) is 6.58 Å². The van der Waals surface area contributed by atoms with E-state index in [4.69, 9.17) is 0 Å². The Morgan fingerprint density at radius 1 is 1.40 bits per heavy atom. The van der Waals surface area contributed by atoms with Crippen LogP contribution < -0.4 is 5.19 Å². The smallest absolute Gasteiger partial charge is 0.0799 e. The Balaban J connectivity index is 3.14. The molecular formula is C13H21NSi. The average molecular weight is 219 g/mol. The van der Waals surface area contributed by atoms with Crippen molar-refractivity contribution in [3.05, 3.63) is 36.2 Å². The highest BCUT2D eigenvalue weighted by atomic mass is 28.3. The van der Waals surface area contributed by atoms with Crippen molar-refractivity contribution in [1.29, 1.82) is 0 Å². The van der Waals surface area contributed by atoms with Crippen molar-refractivity contribution < 1.29 is 0 Å². The van der Waals surface area contributed by atoms with Crippen molar-refractivity contribution >= 4 is 13.3 Å². The molecule has 0 aliphatic carbocycles. The maximum atomic E-state index is 4.54. The summed E-state index contributed by atoms with van der Waals surface area (Å²) in [6, 6.07) is 2.21. The van der Waals surface area contributed by atoms with Gasteiger partial charge in [0.15, 0.2) is 0 Å². The number of aromatic nitrogens is 1. The van der Waals surface area contributed by atoms with Gasteiger partial charge in [-0.3, -0.25) is 4.98 Å². The van der Waals surface area contributed by atoms with E-state index in [1.165, 1.54) is 10.8 Å². The predicted molar refractivity (Wildman–Crippen MR) is 70.6 cm³/mol. The van der Waals surface area contributed by atoms with Crippen LogP contribution in [0.15, 0.2) is 24.9 Å². The largest absolute Gasteiger partial charge is 0.261 e. The fraction of sp³-hybridized carbons (Fsp3) is 0.462. The van der Waals surface area contributed by atoms with Gasteiger partial charge in [0, 0.05) is 17.8 Å². The summed E-state index contributed by atoms with van der Waals surface area (Å²) in [5.74, 6) is 0.347. The van der Waals surface area contributed by atoms with Crippen LogP contribution in [0.5, 0.6) is 0 Å². The van der Waals surface area contributed by atoms with Crippen molar-refractivity contribution in [2.24, 2.45) is 0 Å². The highest BCUT2D eigenvalue weighted by Gasteiger charge is 2.19. The Morgan fingerprint density at radius 2 is 2.00 bits per heavy atom. The molecular weight excluding hydrogens is 198 g/mol. The fourth-order valence-corrected chi connectivity index (χ4v) is 3.44. The van der Waals surface area contributed by atoms with Crippen LogP contribution in [0.1, 0.15) is 24.1 Å². The van der Waals surface area contributed by atoms with Crippen molar-refractivity contribution in [1.82, 2.24) is 4.98 Å². The van der Waals surface area contributed by atoms with Crippen LogP contribution in [0.25, 0.3) is 0 Å². The molecule has 1 nitrogen and oxygen atoms in total. The van der Waals surface area contributed by atoms with E-state index in [1.54, 1.807) is 0 Å². The first-order chi connectivity index (χ1) is 6.86. The molecule has 0 aromatic carbocycles. The highest BCUT2D eigenvalue weighted by Crippen LogP contribution is 2.15. The molecule has 82 valence electrons. The second-order valence-electron chi connectivity index (χ2n) is 5.20. The van der Waals surface area contributed by atoms with Gasteiger partial charge in [0.05, 0.1) is 8.07 Å². The molecule has 0 amide bonds. The minimum atomic E-state index is -1.23. The van der Waals surface area contributed by atoms with Gasteiger partial charge in [0.25, 0.3) is 0 Å². The normalized spacial score (nSPS) is 13.7. The van der Waals surface area contributed by atoms with E-state index in [1.807, 2.05) is 6.08 Å². The summed E-state index contributed by atoms with van der Waals surface area (Å²) in [6.45, 7) is 15.2. The molecule has 0 spiro atoms. The fourth-order valence-electron chi connectivity index (χ4n) is 1.73. The molecule has 1 rings (SSSR count). The number of hydrogen-bond acceptors (Lipinski definition) is 1. The molecule has 0 saturated carbocycles. The minimum Gasteiger partial charge on any atom is -0.261 e. The first-order valence-electron chi connectivity index (χ1n) is 5.46. The standard InChI is InChI=1S/C13H21NSi/c1-7-10(2)12-8-11(3)13(9-14-12)15(4,5)6/h7-10H,1H2,2-6H3. The van der Waals surface area contributed by atoms with E-state index in [9.17, 15) is 0 Å². The Kier molecular flexibility index (Phi) is 3.50. The van der Waals surface area contributed by atoms with Gasteiger partial charge >= 0.3 is 0 Å². The van der Waals surface area contributed by atoms with Crippen LogP contribution in [-0.4, -0.2) is 13.1 Å². The minimum absolute atomic E-state index is 0.347. The molecule has 0 aliphatic heterocycles. The molecule has 0 bridgehead atoms. The summed E-state index contributed by atoms with van der Waals surface area (Å²) in [4.78, 5) is 4.54. The maximum absolute atomic E-state index is 4.54. The van der Waals surface area contributed by atoms with Crippen molar-refractivity contribution in [2.45, 2.75) is 39.4 Å². The van der Waals surface area contributed by atoms with Crippen LogP contribution in [0.3, 0.4) is 0 Å². The number of allylic oxidation sites excluding steroid dienone is 1. The maximum Gasteiger partial charge on any atom is 0.0799 e. The Hall–Kier alpha value is -0.893. The van der Waals surface area contributed by atoms with Crippen LogP contribution in [0.4, 0.5) is 0 Å². The summed E-state index contributed by atoms with van der Waals surface area (Å²) < 4.78 is 0. The lowest BCUT2D eigenvalue weighted by atomic mass is 10.1. The van der Waals surface area contributed by atoms with E-state index < -0.39 is 8.07 Å². The SMILES string of the molecule is C=CC(C)c1cc(C)c([Si](C)(C)C)cn1. The number of nitrogens with zero attached hydrogens (tertiary/aromatic N) is 1. The summed E-state index contributed by atoms with van der Waals surface area (Å²) in [7, 11) is -1.23. The summed E-state index contributed by atoms with van der Waals surface area (Å²) in [5.41, 5.74) is 2.51. The van der Waals surface area contributed by atoms with Crippen molar-refractivity contribution in [3.63, 3.8) is 0 Å². The molecule has 1 aromatic rings. The second-order valence-corrected chi connectivity index (χ2v) is 10.2. The summed E-state index contributed by atoms with van der Waals surface area (Å²) in [5, 5.41) is 1.46. The Morgan fingerprint density at radius 3 is 2.40 bits per heavy atom. The molecule has 0 aliphatic rings. The topological polar surface area (TPSA) is 12.9 Å². The number of pyridine rings is 1. The monoisotopic (exact) mass is 219 g/mol. The number of hydrogen-bond donors (Lipinski definition) is 0. The van der Waals surface area contributed by atoms with E-state index >= 15 is 0 Å². The van der Waals surface area contributed by atoms with Crippen molar-refractivity contribution in [2.75, 3.05) is 0 Å². The van der Waals surface area contributed by atoms with Crippen LogP contribution in [0.2, 0.25) is 19.6 Å². The first kappa shape index (κ1) is 12.2. The van der Waals surface area contributed by atoms with Gasteiger partial charge in [-0.2, -0.15) is 0 Å². The van der Waals surface area contributed by atoms with Crippen LogP contribution >= 0.6 is 0 Å². The number of rotatable bonds is 3. The lowest BCUT2D eigenvalue weighted by molar-refractivity contribution is 0.908. The quantitative estimate of drug-likeness (QED) is 0.562. The molecule has 0 N–H and O–H groups in total. The first-order valence-corrected chi connectivity index (χ1v) is 8.96. The third-order valence-corrected chi connectivity index (χ3v) is 4.90. The van der Waals surface area contributed by atoms with Gasteiger partial charge in [-0.25, -0.2) is 0 Å². The average Bonchev–Trinajstić information content (AvgIpc) is 2.14. The Bertz CT molecular complexity index is 363. The lowest BCUT2D eigenvalue weighted by Gasteiger charge is -2.20. The van der Waals surface area contributed by atoms with Crippen LogP contribution in [0, 0.1) is 6.92 Å². The zero-order chi connectivity index (χ0) is 11.6. The molecule has 0 radical (unpaired) electrons. The molecule has 1 heterocycles.